The third kappa shape index (κ3) is 5.46. The molecule has 2 fully saturated rings. The highest BCUT2D eigenvalue weighted by molar-refractivity contribution is 5.99. The second kappa shape index (κ2) is 10.4. The normalized spacial score (nSPS) is 22.8. The van der Waals surface area contributed by atoms with Crippen LogP contribution in [0.4, 0.5) is 10.1 Å². The molecular formula is C24H34FN3O4. The Labute approximate surface area is 188 Å². The topological polar surface area (TPSA) is 98.7 Å². The van der Waals surface area contributed by atoms with E-state index in [9.17, 15) is 18.8 Å². The molecule has 2 aliphatic rings. The van der Waals surface area contributed by atoms with Crippen LogP contribution in [0.5, 0.6) is 0 Å². The average molecular weight is 448 g/mol. The fourth-order valence-corrected chi connectivity index (χ4v) is 5.48. The van der Waals surface area contributed by atoms with Gasteiger partial charge in [-0.15, -0.1) is 0 Å². The molecule has 1 aromatic rings. The van der Waals surface area contributed by atoms with E-state index in [0.29, 0.717) is 25.1 Å². The Hall–Kier alpha value is -2.48. The monoisotopic (exact) mass is 447 g/mol. The number of anilines is 1. The summed E-state index contributed by atoms with van der Waals surface area (Å²) in [5.41, 5.74) is 1.22. The first-order valence-electron chi connectivity index (χ1n) is 11.6. The Bertz CT molecular complexity index is 823. The molecule has 0 radical (unpaired) electrons. The van der Waals surface area contributed by atoms with Crippen LogP contribution in [0.3, 0.4) is 0 Å². The van der Waals surface area contributed by atoms with Gasteiger partial charge in [-0.05, 0) is 61.8 Å². The van der Waals surface area contributed by atoms with E-state index in [4.69, 9.17) is 5.21 Å². The van der Waals surface area contributed by atoms with Gasteiger partial charge in [0.1, 0.15) is 11.9 Å². The maximum Gasteiger partial charge on any atom is 0.247 e. The summed E-state index contributed by atoms with van der Waals surface area (Å²) in [5.74, 6) is -1.24. The summed E-state index contributed by atoms with van der Waals surface area (Å²) in [4.78, 5) is 40.9. The lowest BCUT2D eigenvalue weighted by molar-refractivity contribution is -0.147. The molecular weight excluding hydrogens is 413 g/mol. The summed E-state index contributed by atoms with van der Waals surface area (Å²) in [7, 11) is 0. The number of nitrogens with one attached hydrogen (secondary N) is 2. The predicted octanol–water partition coefficient (Wildman–Crippen LogP) is 3.87. The summed E-state index contributed by atoms with van der Waals surface area (Å²) in [6, 6.07) is 4.94. The van der Waals surface area contributed by atoms with Crippen LogP contribution in [0.1, 0.15) is 65.2 Å². The van der Waals surface area contributed by atoms with Crippen molar-refractivity contribution in [2.24, 2.45) is 17.3 Å². The summed E-state index contributed by atoms with van der Waals surface area (Å²) in [5, 5.41) is 11.9. The number of halogens is 1. The zero-order chi connectivity index (χ0) is 23.3. The van der Waals surface area contributed by atoms with E-state index in [1.807, 2.05) is 13.8 Å². The number of amides is 3. The van der Waals surface area contributed by atoms with Crippen molar-refractivity contribution < 1.29 is 24.0 Å². The minimum absolute atomic E-state index is 0.0367. The molecule has 8 heteroatoms. The van der Waals surface area contributed by atoms with Gasteiger partial charge in [-0.2, -0.15) is 0 Å². The van der Waals surface area contributed by atoms with Gasteiger partial charge < -0.3 is 10.2 Å². The Kier molecular flexibility index (Phi) is 7.87. The lowest BCUT2D eigenvalue weighted by Gasteiger charge is -2.37. The predicted molar refractivity (Wildman–Crippen MR) is 118 cm³/mol. The van der Waals surface area contributed by atoms with Gasteiger partial charge in [0.2, 0.25) is 17.7 Å². The smallest absolute Gasteiger partial charge is 0.247 e. The third-order valence-corrected chi connectivity index (χ3v) is 6.78. The maximum atomic E-state index is 13.7. The van der Waals surface area contributed by atoms with Crippen molar-refractivity contribution in [3.63, 3.8) is 0 Å². The molecule has 0 spiro atoms. The van der Waals surface area contributed by atoms with Crippen molar-refractivity contribution in [3.05, 3.63) is 30.1 Å². The van der Waals surface area contributed by atoms with Gasteiger partial charge in [0, 0.05) is 18.7 Å². The van der Waals surface area contributed by atoms with Crippen LogP contribution in [0.25, 0.3) is 0 Å². The van der Waals surface area contributed by atoms with Gasteiger partial charge in [0.05, 0.1) is 5.41 Å². The molecule has 3 amide bonds. The zero-order valence-corrected chi connectivity index (χ0v) is 18.9. The zero-order valence-electron chi connectivity index (χ0n) is 18.9. The first kappa shape index (κ1) is 24.2. The SMILES string of the molecule is CC(C)CC1(CC(=O)NO)CCN(C(C(=O)Nc2ccc(F)cc2)C2CCCCC2)C1=O. The molecule has 2 unspecified atom stereocenters. The van der Waals surface area contributed by atoms with Gasteiger partial charge in [-0.25, -0.2) is 9.87 Å². The van der Waals surface area contributed by atoms with Crippen molar-refractivity contribution in [2.75, 3.05) is 11.9 Å². The molecule has 1 aliphatic carbocycles. The van der Waals surface area contributed by atoms with Gasteiger partial charge in [-0.1, -0.05) is 33.1 Å². The van der Waals surface area contributed by atoms with Crippen molar-refractivity contribution in [1.82, 2.24) is 10.4 Å². The molecule has 1 heterocycles. The molecule has 176 valence electrons. The minimum Gasteiger partial charge on any atom is -0.330 e. The van der Waals surface area contributed by atoms with Gasteiger partial charge in [0.15, 0.2) is 0 Å². The molecule has 0 aromatic heterocycles. The number of benzene rings is 1. The second-order valence-corrected chi connectivity index (χ2v) is 9.68. The number of likely N-dealkylation sites (tertiary alicyclic amines) is 1. The fraction of sp³-hybridized carbons (Fsp3) is 0.625. The van der Waals surface area contributed by atoms with Gasteiger partial charge in [-0.3, -0.25) is 19.6 Å². The molecule has 32 heavy (non-hydrogen) atoms. The number of rotatable bonds is 8. The van der Waals surface area contributed by atoms with Crippen LogP contribution in [-0.2, 0) is 14.4 Å². The van der Waals surface area contributed by atoms with Crippen LogP contribution in [0.2, 0.25) is 0 Å². The van der Waals surface area contributed by atoms with Crippen LogP contribution in [0, 0.1) is 23.1 Å². The van der Waals surface area contributed by atoms with Gasteiger partial charge in [0.25, 0.3) is 0 Å². The summed E-state index contributed by atoms with van der Waals surface area (Å²) in [6.45, 7) is 4.38. The molecule has 1 saturated heterocycles. The molecule has 7 nitrogen and oxygen atoms in total. The van der Waals surface area contributed by atoms with E-state index in [1.165, 1.54) is 24.3 Å². The summed E-state index contributed by atoms with van der Waals surface area (Å²) >= 11 is 0. The van der Waals surface area contributed by atoms with Crippen molar-refractivity contribution in [3.8, 4) is 0 Å². The lowest BCUT2D eigenvalue weighted by Crippen LogP contribution is -2.52. The van der Waals surface area contributed by atoms with E-state index in [2.05, 4.69) is 5.32 Å². The number of hydrogen-bond acceptors (Lipinski definition) is 4. The largest absolute Gasteiger partial charge is 0.330 e. The fourth-order valence-electron chi connectivity index (χ4n) is 5.48. The van der Waals surface area contributed by atoms with Crippen molar-refractivity contribution >= 4 is 23.4 Å². The van der Waals surface area contributed by atoms with Crippen molar-refractivity contribution in [1.29, 1.82) is 0 Å². The van der Waals surface area contributed by atoms with Crippen LogP contribution < -0.4 is 10.8 Å². The molecule has 1 aliphatic heterocycles. The molecule has 1 saturated carbocycles. The number of hydroxylamine groups is 1. The number of hydrogen-bond donors (Lipinski definition) is 3. The third-order valence-electron chi connectivity index (χ3n) is 6.78. The molecule has 2 atom stereocenters. The summed E-state index contributed by atoms with van der Waals surface area (Å²) in [6.07, 6.45) is 5.73. The first-order chi connectivity index (χ1) is 15.3. The Balaban J connectivity index is 1.88. The molecule has 3 rings (SSSR count). The number of carbonyl (C=O) groups is 3. The van der Waals surface area contributed by atoms with E-state index in [-0.39, 0.29) is 35.9 Å². The van der Waals surface area contributed by atoms with Gasteiger partial charge >= 0.3 is 0 Å². The average Bonchev–Trinajstić information content (AvgIpc) is 3.06. The van der Waals surface area contributed by atoms with Crippen LogP contribution >= 0.6 is 0 Å². The van der Waals surface area contributed by atoms with E-state index >= 15 is 0 Å². The first-order valence-corrected chi connectivity index (χ1v) is 11.6. The second-order valence-electron chi connectivity index (χ2n) is 9.68. The Morgan fingerprint density at radius 2 is 1.84 bits per heavy atom. The number of carbonyl (C=O) groups excluding carboxylic acids is 3. The maximum absolute atomic E-state index is 13.7. The number of nitrogens with zero attached hydrogens (tertiary/aromatic N) is 1. The van der Waals surface area contributed by atoms with Crippen molar-refractivity contribution in [2.45, 2.75) is 71.3 Å². The molecule has 3 N–H and O–H groups in total. The van der Waals surface area contributed by atoms with E-state index < -0.39 is 17.4 Å². The standard InChI is InChI=1S/C24H34FN3O4/c1-16(2)14-24(15-20(29)27-32)12-13-28(23(24)31)21(17-6-4-3-5-7-17)22(30)26-19-10-8-18(25)9-11-19/h8-11,16-17,21,32H,3-7,12-15H2,1-2H3,(H,26,30)(H,27,29). The highest BCUT2D eigenvalue weighted by atomic mass is 19.1. The lowest BCUT2D eigenvalue weighted by atomic mass is 9.75. The molecule has 0 bridgehead atoms. The quantitative estimate of drug-likeness (QED) is 0.416. The minimum atomic E-state index is -0.927. The van der Waals surface area contributed by atoms with Crippen LogP contribution in [0.15, 0.2) is 24.3 Å². The highest BCUT2D eigenvalue weighted by Crippen LogP contribution is 2.44. The Morgan fingerprint density at radius 3 is 2.44 bits per heavy atom. The van der Waals surface area contributed by atoms with E-state index in [0.717, 1.165) is 32.1 Å². The van der Waals surface area contributed by atoms with Crippen LogP contribution in [-0.4, -0.2) is 40.4 Å². The summed E-state index contributed by atoms with van der Waals surface area (Å²) < 4.78 is 13.3. The van der Waals surface area contributed by atoms with E-state index in [1.54, 1.807) is 10.4 Å². The molecule has 1 aromatic carbocycles. The highest BCUT2D eigenvalue weighted by Gasteiger charge is 2.52. The Morgan fingerprint density at radius 1 is 1.19 bits per heavy atom.